The van der Waals surface area contributed by atoms with Gasteiger partial charge in [0, 0.05) is 6.04 Å². The maximum absolute atomic E-state index is 5.67. The molecule has 0 aliphatic carbocycles. The third kappa shape index (κ3) is 3.75. The molecule has 1 aromatic carbocycles. The lowest BCUT2D eigenvalue weighted by Crippen LogP contribution is -2.13. The number of aryl methyl sites for hydroxylation is 1. The molecule has 0 heterocycles. The van der Waals surface area contributed by atoms with E-state index in [1.165, 1.54) is 11.1 Å². The Bertz CT molecular complexity index is 300. The largest absolute Gasteiger partial charge is 0.328 e. The van der Waals surface area contributed by atoms with E-state index >= 15 is 0 Å². The van der Waals surface area contributed by atoms with Crippen molar-refractivity contribution in [3.63, 3.8) is 0 Å². The van der Waals surface area contributed by atoms with Crippen LogP contribution < -0.4 is 5.73 Å². The van der Waals surface area contributed by atoms with Crippen LogP contribution in [0.4, 0.5) is 0 Å². The molecule has 0 fully saturated rings. The molecule has 1 heteroatoms. The van der Waals surface area contributed by atoms with Crippen LogP contribution in [0.1, 0.15) is 30.9 Å². The summed E-state index contributed by atoms with van der Waals surface area (Å²) in [7, 11) is 0. The Labute approximate surface area is 86.6 Å². The van der Waals surface area contributed by atoms with Crippen molar-refractivity contribution in [2.45, 2.75) is 32.7 Å². The van der Waals surface area contributed by atoms with E-state index in [9.17, 15) is 0 Å². The molecule has 0 aliphatic heterocycles. The molecule has 0 aliphatic rings. The lowest BCUT2D eigenvalue weighted by molar-refractivity contribution is 0.677. The molecule has 1 aromatic rings. The van der Waals surface area contributed by atoms with Gasteiger partial charge in [0.1, 0.15) is 0 Å². The molecule has 76 valence electrons. The minimum absolute atomic E-state index is 0.302. The zero-order valence-corrected chi connectivity index (χ0v) is 9.03. The Morgan fingerprint density at radius 2 is 2.07 bits per heavy atom. The van der Waals surface area contributed by atoms with Crippen molar-refractivity contribution in [3.8, 4) is 0 Å². The van der Waals surface area contributed by atoms with Gasteiger partial charge in [-0.3, -0.25) is 0 Å². The molecule has 1 nitrogen and oxygen atoms in total. The first-order valence-corrected chi connectivity index (χ1v) is 5.18. The average molecular weight is 189 g/mol. The number of allylic oxidation sites excluding steroid dienone is 1. The van der Waals surface area contributed by atoms with Crippen molar-refractivity contribution in [1.29, 1.82) is 0 Å². The van der Waals surface area contributed by atoms with E-state index in [4.69, 9.17) is 5.73 Å². The highest BCUT2D eigenvalue weighted by Crippen LogP contribution is 2.09. The number of nitrogens with two attached hydrogens (primary N) is 1. The highest BCUT2D eigenvalue weighted by molar-refractivity contribution is 5.53. The standard InChI is InChI=1S/C13H19N/c1-11-7-3-5-9-13(11)10-6-4-8-12(2)14/h3,5-7,9-10,12H,4,8,14H2,1-2H3/b10-6+. The third-order valence-corrected chi connectivity index (χ3v) is 2.27. The van der Waals surface area contributed by atoms with Crippen molar-refractivity contribution in [2.75, 3.05) is 0 Å². The van der Waals surface area contributed by atoms with Crippen molar-refractivity contribution in [1.82, 2.24) is 0 Å². The SMILES string of the molecule is Cc1ccccc1/C=C/CCC(C)N. The van der Waals surface area contributed by atoms with Crippen molar-refractivity contribution in [2.24, 2.45) is 5.73 Å². The zero-order valence-electron chi connectivity index (χ0n) is 9.03. The van der Waals surface area contributed by atoms with Crippen LogP contribution in [0.25, 0.3) is 6.08 Å². The van der Waals surface area contributed by atoms with Crippen molar-refractivity contribution >= 4 is 6.08 Å². The fourth-order valence-corrected chi connectivity index (χ4v) is 1.34. The molecule has 14 heavy (non-hydrogen) atoms. The van der Waals surface area contributed by atoms with Gasteiger partial charge in [-0.2, -0.15) is 0 Å². The number of hydrogen-bond acceptors (Lipinski definition) is 1. The Morgan fingerprint density at radius 3 is 2.71 bits per heavy atom. The van der Waals surface area contributed by atoms with E-state index in [1.54, 1.807) is 0 Å². The van der Waals surface area contributed by atoms with Crippen molar-refractivity contribution in [3.05, 3.63) is 41.5 Å². The van der Waals surface area contributed by atoms with Gasteiger partial charge in [0.05, 0.1) is 0 Å². The molecule has 2 N–H and O–H groups in total. The Balaban J connectivity index is 2.48. The predicted molar refractivity (Wildman–Crippen MR) is 63.1 cm³/mol. The maximum Gasteiger partial charge on any atom is 0.00134 e. The summed E-state index contributed by atoms with van der Waals surface area (Å²) in [6, 6.07) is 8.70. The molecule has 0 bridgehead atoms. The number of rotatable bonds is 4. The van der Waals surface area contributed by atoms with Gasteiger partial charge in [-0.25, -0.2) is 0 Å². The summed E-state index contributed by atoms with van der Waals surface area (Å²) >= 11 is 0. The molecular formula is C13H19N. The van der Waals surface area contributed by atoms with Crippen LogP contribution in [0.15, 0.2) is 30.3 Å². The molecule has 1 atom stereocenters. The van der Waals surface area contributed by atoms with Gasteiger partial charge in [0.2, 0.25) is 0 Å². The van der Waals surface area contributed by atoms with Gasteiger partial charge in [-0.05, 0) is 37.8 Å². The van der Waals surface area contributed by atoms with Crippen LogP contribution >= 0.6 is 0 Å². The first-order valence-electron chi connectivity index (χ1n) is 5.18. The fraction of sp³-hybridized carbons (Fsp3) is 0.385. The van der Waals surface area contributed by atoms with Crippen LogP contribution in [0.5, 0.6) is 0 Å². The zero-order chi connectivity index (χ0) is 10.4. The van der Waals surface area contributed by atoms with Crippen LogP contribution in [0, 0.1) is 6.92 Å². The summed E-state index contributed by atoms with van der Waals surface area (Å²) in [6.07, 6.45) is 6.50. The van der Waals surface area contributed by atoms with E-state index in [0.29, 0.717) is 6.04 Å². The summed E-state index contributed by atoms with van der Waals surface area (Å²) in [5, 5.41) is 0. The molecule has 1 rings (SSSR count). The summed E-state index contributed by atoms with van der Waals surface area (Å²) in [5.41, 5.74) is 8.29. The first kappa shape index (κ1) is 11.0. The second-order valence-corrected chi connectivity index (χ2v) is 3.81. The van der Waals surface area contributed by atoms with Gasteiger partial charge in [0.25, 0.3) is 0 Å². The van der Waals surface area contributed by atoms with Crippen LogP contribution in [0.3, 0.4) is 0 Å². The van der Waals surface area contributed by atoms with E-state index in [0.717, 1.165) is 12.8 Å². The quantitative estimate of drug-likeness (QED) is 0.773. The van der Waals surface area contributed by atoms with E-state index in [2.05, 4.69) is 43.3 Å². The normalized spacial score (nSPS) is 13.4. The smallest absolute Gasteiger partial charge is 0.00134 e. The molecule has 1 unspecified atom stereocenters. The monoisotopic (exact) mass is 189 g/mol. The molecule has 0 radical (unpaired) electrons. The molecule has 0 aromatic heterocycles. The van der Waals surface area contributed by atoms with E-state index in [-0.39, 0.29) is 0 Å². The minimum atomic E-state index is 0.302. The summed E-state index contributed by atoms with van der Waals surface area (Å²) in [4.78, 5) is 0. The first-order chi connectivity index (χ1) is 6.70. The number of hydrogen-bond donors (Lipinski definition) is 1. The second-order valence-electron chi connectivity index (χ2n) is 3.81. The summed E-state index contributed by atoms with van der Waals surface area (Å²) in [6.45, 7) is 4.17. The second kappa shape index (κ2) is 5.61. The van der Waals surface area contributed by atoms with Crippen LogP contribution in [-0.4, -0.2) is 6.04 Å². The molecule has 0 saturated carbocycles. The fourth-order valence-electron chi connectivity index (χ4n) is 1.34. The minimum Gasteiger partial charge on any atom is -0.328 e. The highest BCUT2D eigenvalue weighted by atomic mass is 14.6. The average Bonchev–Trinajstić information content (AvgIpc) is 2.15. The summed E-state index contributed by atoms with van der Waals surface area (Å²) < 4.78 is 0. The molecule has 0 spiro atoms. The van der Waals surface area contributed by atoms with E-state index in [1.807, 2.05) is 6.92 Å². The lowest BCUT2D eigenvalue weighted by Gasteiger charge is -2.01. The Kier molecular flexibility index (Phi) is 4.41. The van der Waals surface area contributed by atoms with Gasteiger partial charge in [-0.1, -0.05) is 36.4 Å². The summed E-state index contributed by atoms with van der Waals surface area (Å²) in [5.74, 6) is 0. The highest BCUT2D eigenvalue weighted by Gasteiger charge is 1.92. The van der Waals surface area contributed by atoms with Gasteiger partial charge in [0.15, 0.2) is 0 Å². The number of benzene rings is 1. The molecule has 0 amide bonds. The molecular weight excluding hydrogens is 170 g/mol. The Morgan fingerprint density at radius 1 is 1.36 bits per heavy atom. The van der Waals surface area contributed by atoms with Crippen LogP contribution in [-0.2, 0) is 0 Å². The third-order valence-electron chi connectivity index (χ3n) is 2.27. The topological polar surface area (TPSA) is 26.0 Å². The van der Waals surface area contributed by atoms with E-state index < -0.39 is 0 Å². The van der Waals surface area contributed by atoms with Gasteiger partial charge >= 0.3 is 0 Å². The van der Waals surface area contributed by atoms with Crippen LogP contribution in [0.2, 0.25) is 0 Å². The predicted octanol–water partition coefficient (Wildman–Crippen LogP) is 3.14. The Hall–Kier alpha value is -1.08. The van der Waals surface area contributed by atoms with Gasteiger partial charge in [-0.15, -0.1) is 0 Å². The molecule has 0 saturated heterocycles. The van der Waals surface area contributed by atoms with Crippen molar-refractivity contribution < 1.29 is 0 Å². The van der Waals surface area contributed by atoms with Gasteiger partial charge < -0.3 is 5.73 Å². The lowest BCUT2D eigenvalue weighted by atomic mass is 10.1. The maximum atomic E-state index is 5.67.